The van der Waals surface area contributed by atoms with Gasteiger partial charge in [-0.2, -0.15) is 4.98 Å². The van der Waals surface area contributed by atoms with Crippen molar-refractivity contribution >= 4 is 11.8 Å². The van der Waals surface area contributed by atoms with Crippen LogP contribution in [0.15, 0.2) is 9.82 Å². The van der Waals surface area contributed by atoms with Gasteiger partial charge in [0.2, 0.25) is 0 Å². The summed E-state index contributed by atoms with van der Waals surface area (Å²) in [6.45, 7) is 1.57. The van der Waals surface area contributed by atoms with Crippen molar-refractivity contribution in [2.24, 2.45) is 0 Å². The average molecular weight is 183 g/mol. The van der Waals surface area contributed by atoms with E-state index in [0.29, 0.717) is 0 Å². The van der Waals surface area contributed by atoms with Gasteiger partial charge in [-0.15, -0.1) is 11.8 Å². The second kappa shape index (κ2) is 2.91. The number of aromatic nitrogens is 2. The first-order chi connectivity index (χ1) is 5.81. The highest BCUT2D eigenvalue weighted by Crippen LogP contribution is 2.21. The Morgan fingerprint density at radius 3 is 3.08 bits per heavy atom. The van der Waals surface area contributed by atoms with Crippen LogP contribution in [-0.2, 0) is 13.1 Å². The lowest BCUT2D eigenvalue weighted by Gasteiger charge is -2.00. The molecule has 0 saturated heterocycles. The van der Waals surface area contributed by atoms with Crippen LogP contribution in [0.5, 0.6) is 0 Å². The Morgan fingerprint density at radius 2 is 2.33 bits per heavy atom. The number of H-pyrrole nitrogens is 1. The monoisotopic (exact) mass is 183 g/mol. The van der Waals surface area contributed by atoms with Gasteiger partial charge in [-0.1, -0.05) is 0 Å². The fourth-order valence-electron chi connectivity index (χ4n) is 1.34. The molecule has 0 aliphatic carbocycles. The van der Waals surface area contributed by atoms with E-state index in [-0.39, 0.29) is 5.69 Å². The van der Waals surface area contributed by atoms with E-state index in [1.807, 2.05) is 6.26 Å². The first-order valence-corrected chi connectivity index (χ1v) is 4.90. The highest BCUT2D eigenvalue weighted by Gasteiger charge is 2.15. The van der Waals surface area contributed by atoms with Gasteiger partial charge in [-0.3, -0.25) is 0 Å². The lowest BCUT2D eigenvalue weighted by atomic mass is 10.3. The summed E-state index contributed by atoms with van der Waals surface area (Å²) in [5, 5.41) is 4.01. The second-order valence-electron chi connectivity index (χ2n) is 2.61. The van der Waals surface area contributed by atoms with Crippen molar-refractivity contribution in [2.45, 2.75) is 18.1 Å². The number of hydrogen-bond acceptors (Lipinski definition) is 4. The molecule has 2 rings (SSSR count). The maximum atomic E-state index is 11.0. The van der Waals surface area contributed by atoms with Gasteiger partial charge in [0.1, 0.15) is 5.03 Å². The Labute approximate surface area is 73.8 Å². The average Bonchev–Trinajstić information content (AvgIpc) is 2.50. The number of thioether (sulfide) groups is 1. The molecule has 1 aromatic heterocycles. The van der Waals surface area contributed by atoms with Crippen LogP contribution < -0.4 is 11.0 Å². The highest BCUT2D eigenvalue weighted by molar-refractivity contribution is 7.98. The van der Waals surface area contributed by atoms with Gasteiger partial charge in [-0.05, 0) is 6.26 Å². The van der Waals surface area contributed by atoms with Crippen molar-refractivity contribution in [3.8, 4) is 0 Å². The molecule has 0 fully saturated rings. The maximum absolute atomic E-state index is 11.0. The maximum Gasteiger partial charge on any atom is 0.346 e. The summed E-state index contributed by atoms with van der Waals surface area (Å²) in [4.78, 5) is 17.6. The Balaban J connectivity index is 2.62. The summed E-state index contributed by atoms with van der Waals surface area (Å²) in [6, 6.07) is 0. The molecule has 5 heteroatoms. The van der Waals surface area contributed by atoms with Crippen molar-refractivity contribution in [2.75, 3.05) is 6.26 Å². The number of nitrogens with zero attached hydrogens (tertiary/aromatic N) is 1. The molecule has 64 valence electrons. The van der Waals surface area contributed by atoms with E-state index in [2.05, 4.69) is 15.3 Å². The Hall–Kier alpha value is -0.810. The number of rotatable bonds is 1. The summed E-state index contributed by atoms with van der Waals surface area (Å²) >= 11 is 1.52. The van der Waals surface area contributed by atoms with Crippen LogP contribution in [0.3, 0.4) is 0 Å². The molecule has 0 aromatic carbocycles. The molecule has 1 aliphatic heterocycles. The number of aromatic amines is 1. The van der Waals surface area contributed by atoms with Crippen LogP contribution in [0.25, 0.3) is 0 Å². The van der Waals surface area contributed by atoms with Crippen LogP contribution >= 0.6 is 11.8 Å². The Morgan fingerprint density at radius 1 is 1.50 bits per heavy atom. The standard InChI is InChI=1S/C7H9N3OS/c1-12-6-4-2-8-3-5(4)9-7(11)10-6/h8H,2-3H2,1H3,(H,9,10,11). The third kappa shape index (κ3) is 1.15. The van der Waals surface area contributed by atoms with E-state index >= 15 is 0 Å². The highest BCUT2D eigenvalue weighted by atomic mass is 32.2. The van der Waals surface area contributed by atoms with Gasteiger partial charge >= 0.3 is 5.69 Å². The van der Waals surface area contributed by atoms with Crippen LogP contribution in [-0.4, -0.2) is 16.2 Å². The zero-order chi connectivity index (χ0) is 8.55. The van der Waals surface area contributed by atoms with E-state index in [0.717, 1.165) is 29.4 Å². The zero-order valence-electron chi connectivity index (χ0n) is 6.68. The second-order valence-corrected chi connectivity index (χ2v) is 3.41. The van der Waals surface area contributed by atoms with Crippen LogP contribution in [0, 0.1) is 0 Å². The predicted octanol–water partition coefficient (Wildman–Crippen LogP) is 0.0950. The minimum Gasteiger partial charge on any atom is -0.308 e. The van der Waals surface area contributed by atoms with Gasteiger partial charge < -0.3 is 10.3 Å². The summed E-state index contributed by atoms with van der Waals surface area (Å²) in [6.07, 6.45) is 1.93. The molecule has 0 unspecified atom stereocenters. The van der Waals surface area contributed by atoms with Crippen LogP contribution in [0.4, 0.5) is 0 Å². The van der Waals surface area contributed by atoms with Crippen molar-refractivity contribution in [3.05, 3.63) is 21.7 Å². The first-order valence-electron chi connectivity index (χ1n) is 3.68. The first kappa shape index (κ1) is 7.82. The molecule has 0 saturated carbocycles. The lowest BCUT2D eigenvalue weighted by molar-refractivity contribution is 0.754. The van der Waals surface area contributed by atoms with Crippen LogP contribution in [0.2, 0.25) is 0 Å². The summed E-state index contributed by atoms with van der Waals surface area (Å²) in [5.74, 6) is 0. The largest absolute Gasteiger partial charge is 0.346 e. The fourth-order valence-corrected chi connectivity index (χ4v) is 1.95. The smallest absolute Gasteiger partial charge is 0.308 e. The van der Waals surface area contributed by atoms with Crippen molar-refractivity contribution in [3.63, 3.8) is 0 Å². The quantitative estimate of drug-likeness (QED) is 0.479. The van der Waals surface area contributed by atoms with E-state index < -0.39 is 0 Å². The molecule has 0 atom stereocenters. The van der Waals surface area contributed by atoms with E-state index in [1.54, 1.807) is 0 Å². The van der Waals surface area contributed by atoms with Crippen molar-refractivity contribution in [1.29, 1.82) is 0 Å². The van der Waals surface area contributed by atoms with Gasteiger partial charge in [0.15, 0.2) is 0 Å². The molecular weight excluding hydrogens is 174 g/mol. The summed E-state index contributed by atoms with van der Waals surface area (Å²) in [5.41, 5.74) is 1.88. The fraction of sp³-hybridized carbons (Fsp3) is 0.429. The minimum atomic E-state index is -0.248. The summed E-state index contributed by atoms with van der Waals surface area (Å²) < 4.78 is 0. The Bertz CT molecular complexity index is 360. The van der Waals surface area contributed by atoms with Gasteiger partial charge in [-0.25, -0.2) is 4.79 Å². The molecular formula is C7H9N3OS. The zero-order valence-corrected chi connectivity index (χ0v) is 7.49. The van der Waals surface area contributed by atoms with E-state index in [4.69, 9.17) is 0 Å². The molecule has 4 nitrogen and oxygen atoms in total. The molecule has 2 heterocycles. The van der Waals surface area contributed by atoms with Gasteiger partial charge in [0.05, 0.1) is 0 Å². The van der Waals surface area contributed by atoms with Gasteiger partial charge in [0, 0.05) is 24.3 Å². The van der Waals surface area contributed by atoms with E-state index in [1.165, 1.54) is 11.8 Å². The Kier molecular flexibility index (Phi) is 1.90. The molecule has 1 aliphatic rings. The molecule has 1 aromatic rings. The SMILES string of the molecule is CSc1nc(=O)[nH]c2c1CNC2. The number of fused-ring (bicyclic) bond motifs is 1. The molecule has 12 heavy (non-hydrogen) atoms. The molecule has 0 amide bonds. The van der Waals surface area contributed by atoms with Crippen molar-refractivity contribution < 1.29 is 0 Å². The third-order valence-corrected chi connectivity index (χ3v) is 2.60. The summed E-state index contributed by atoms with van der Waals surface area (Å²) in [7, 11) is 0. The van der Waals surface area contributed by atoms with Gasteiger partial charge in [0.25, 0.3) is 0 Å². The lowest BCUT2D eigenvalue weighted by Crippen LogP contribution is -2.14. The molecule has 0 radical (unpaired) electrons. The number of nitrogens with one attached hydrogen (secondary N) is 2. The molecule has 0 spiro atoms. The van der Waals surface area contributed by atoms with Crippen molar-refractivity contribution in [1.82, 2.24) is 15.3 Å². The minimum absolute atomic E-state index is 0.248. The van der Waals surface area contributed by atoms with E-state index in [9.17, 15) is 4.79 Å². The normalized spacial score (nSPS) is 14.8. The predicted molar refractivity (Wildman–Crippen MR) is 47.2 cm³/mol. The van der Waals surface area contributed by atoms with Crippen LogP contribution in [0.1, 0.15) is 11.3 Å². The topological polar surface area (TPSA) is 57.8 Å². The number of hydrogen-bond donors (Lipinski definition) is 2. The molecule has 0 bridgehead atoms. The molecule has 2 N–H and O–H groups in total. The third-order valence-electron chi connectivity index (χ3n) is 1.88.